The number of nitrogens with one attached hydrogen (secondary N) is 2. The van der Waals surface area contributed by atoms with E-state index in [1.807, 2.05) is 6.07 Å². The van der Waals surface area contributed by atoms with Crippen LogP contribution in [0.25, 0.3) is 0 Å². The summed E-state index contributed by atoms with van der Waals surface area (Å²) in [6, 6.07) is 5.03. The van der Waals surface area contributed by atoms with Crippen LogP contribution in [0, 0.1) is 0 Å². The molecule has 5 rings (SSSR count). The fourth-order valence-corrected chi connectivity index (χ4v) is 5.20. The summed E-state index contributed by atoms with van der Waals surface area (Å²) in [4.78, 5) is 55.9. The van der Waals surface area contributed by atoms with Crippen LogP contribution in [0.4, 0.5) is 0 Å². The molecule has 4 amide bonds. The van der Waals surface area contributed by atoms with Crippen molar-refractivity contribution in [1.82, 2.24) is 25.3 Å². The van der Waals surface area contributed by atoms with Crippen LogP contribution in [0.3, 0.4) is 0 Å². The molecule has 31 heavy (non-hydrogen) atoms. The number of imide groups is 2. The Kier molecular flexibility index (Phi) is 5.33. The van der Waals surface area contributed by atoms with E-state index in [4.69, 9.17) is 0 Å². The first-order chi connectivity index (χ1) is 15.0. The maximum atomic E-state index is 13.2. The van der Waals surface area contributed by atoms with Gasteiger partial charge in [0.2, 0.25) is 11.8 Å². The predicted octanol–water partition coefficient (Wildman–Crippen LogP) is -0.433. The number of fused-ring (bicyclic) bond motifs is 1. The molecule has 1 aromatic carbocycles. The monoisotopic (exact) mass is 425 g/mol. The molecule has 4 aliphatic rings. The van der Waals surface area contributed by atoms with Crippen molar-refractivity contribution in [3.8, 4) is 0 Å². The molecule has 1 aromatic rings. The number of carbonyl (C=O) groups excluding carboxylic acids is 4. The summed E-state index contributed by atoms with van der Waals surface area (Å²) >= 11 is 0. The van der Waals surface area contributed by atoms with Crippen molar-refractivity contribution in [2.45, 2.75) is 37.9 Å². The van der Waals surface area contributed by atoms with Crippen LogP contribution in [0.5, 0.6) is 0 Å². The standard InChI is InChI=1S/C22H27N5O4/c28-18-5-4-17(20(29)24-18)27-21(30)16-3-1-2-14(19(16)22(27)31)13-25-8-10-26(11-9-25)15-6-7-23-12-15/h1-3,15,17,23H,4-13H2,(H,24,28,29)/t15-,17?/m0/s1. The Morgan fingerprint density at radius 2 is 1.77 bits per heavy atom. The Balaban J connectivity index is 1.30. The minimum atomic E-state index is -0.929. The molecule has 0 aliphatic carbocycles. The molecular formula is C22H27N5O4. The van der Waals surface area contributed by atoms with Crippen molar-refractivity contribution < 1.29 is 19.2 Å². The lowest BCUT2D eigenvalue weighted by atomic mass is 10.0. The summed E-state index contributed by atoms with van der Waals surface area (Å²) < 4.78 is 0. The fourth-order valence-electron chi connectivity index (χ4n) is 5.20. The molecule has 0 spiro atoms. The Bertz CT molecular complexity index is 934. The Hall–Kier alpha value is -2.62. The van der Waals surface area contributed by atoms with Gasteiger partial charge in [0.1, 0.15) is 6.04 Å². The van der Waals surface area contributed by atoms with E-state index >= 15 is 0 Å². The Morgan fingerprint density at radius 3 is 2.48 bits per heavy atom. The summed E-state index contributed by atoms with van der Waals surface area (Å²) in [5, 5.41) is 5.66. The average molecular weight is 425 g/mol. The fraction of sp³-hybridized carbons (Fsp3) is 0.545. The number of carbonyl (C=O) groups is 4. The molecule has 0 radical (unpaired) electrons. The van der Waals surface area contributed by atoms with Gasteiger partial charge in [-0.2, -0.15) is 0 Å². The van der Waals surface area contributed by atoms with Gasteiger partial charge in [-0.05, 0) is 31.0 Å². The van der Waals surface area contributed by atoms with E-state index in [2.05, 4.69) is 20.4 Å². The zero-order chi connectivity index (χ0) is 21.5. The van der Waals surface area contributed by atoms with Gasteiger partial charge in [-0.25, -0.2) is 0 Å². The Labute approximate surface area is 180 Å². The highest BCUT2D eigenvalue weighted by molar-refractivity contribution is 6.24. The van der Waals surface area contributed by atoms with Crippen LogP contribution in [-0.2, 0) is 16.1 Å². The van der Waals surface area contributed by atoms with Crippen LogP contribution in [-0.4, -0.2) is 89.7 Å². The van der Waals surface area contributed by atoms with E-state index in [1.165, 1.54) is 6.42 Å². The van der Waals surface area contributed by atoms with Gasteiger partial charge in [-0.15, -0.1) is 0 Å². The second kappa shape index (κ2) is 8.14. The van der Waals surface area contributed by atoms with Crippen LogP contribution in [0.2, 0.25) is 0 Å². The van der Waals surface area contributed by atoms with Gasteiger partial charge in [0.25, 0.3) is 11.8 Å². The first-order valence-corrected chi connectivity index (χ1v) is 11.0. The minimum Gasteiger partial charge on any atom is -0.315 e. The summed E-state index contributed by atoms with van der Waals surface area (Å²) in [6.45, 7) is 6.56. The highest BCUT2D eigenvalue weighted by atomic mass is 16.2. The summed E-state index contributed by atoms with van der Waals surface area (Å²) in [5.41, 5.74) is 1.57. The number of piperazine rings is 1. The van der Waals surface area contributed by atoms with Gasteiger partial charge in [-0.1, -0.05) is 12.1 Å². The van der Waals surface area contributed by atoms with E-state index < -0.39 is 23.8 Å². The molecule has 9 nitrogen and oxygen atoms in total. The lowest BCUT2D eigenvalue weighted by Gasteiger charge is -2.38. The summed E-state index contributed by atoms with van der Waals surface area (Å²) in [6.07, 6.45) is 1.49. The number of benzene rings is 1. The number of amides is 4. The molecule has 2 N–H and O–H groups in total. The highest BCUT2D eigenvalue weighted by Crippen LogP contribution is 2.30. The molecular weight excluding hydrogens is 398 g/mol. The third-order valence-electron chi connectivity index (χ3n) is 6.91. The van der Waals surface area contributed by atoms with Crippen molar-refractivity contribution in [2.24, 2.45) is 0 Å². The van der Waals surface area contributed by atoms with Crippen LogP contribution >= 0.6 is 0 Å². The molecule has 1 unspecified atom stereocenters. The summed E-state index contributed by atoms with van der Waals surface area (Å²) in [5.74, 6) is -1.83. The smallest absolute Gasteiger partial charge is 0.262 e. The third-order valence-corrected chi connectivity index (χ3v) is 6.91. The first-order valence-electron chi connectivity index (χ1n) is 11.0. The maximum absolute atomic E-state index is 13.2. The maximum Gasteiger partial charge on any atom is 0.262 e. The molecule has 0 aromatic heterocycles. The summed E-state index contributed by atoms with van der Waals surface area (Å²) in [7, 11) is 0. The number of hydrogen-bond acceptors (Lipinski definition) is 7. The number of hydrogen-bond donors (Lipinski definition) is 2. The molecule has 0 bridgehead atoms. The van der Waals surface area contributed by atoms with E-state index in [0.29, 0.717) is 23.7 Å². The molecule has 164 valence electrons. The van der Waals surface area contributed by atoms with Gasteiger partial charge < -0.3 is 5.32 Å². The largest absolute Gasteiger partial charge is 0.315 e. The number of piperidine rings is 1. The zero-order valence-electron chi connectivity index (χ0n) is 17.4. The lowest BCUT2D eigenvalue weighted by molar-refractivity contribution is -0.136. The lowest BCUT2D eigenvalue weighted by Crippen LogP contribution is -2.54. The first kappa shape index (κ1) is 20.3. The van der Waals surface area contributed by atoms with E-state index in [1.54, 1.807) is 12.1 Å². The van der Waals surface area contributed by atoms with E-state index in [0.717, 1.165) is 49.7 Å². The minimum absolute atomic E-state index is 0.122. The molecule has 0 saturated carbocycles. The van der Waals surface area contributed by atoms with Crippen molar-refractivity contribution in [1.29, 1.82) is 0 Å². The second-order valence-electron chi connectivity index (χ2n) is 8.75. The zero-order valence-corrected chi connectivity index (χ0v) is 17.4. The molecule has 3 saturated heterocycles. The second-order valence-corrected chi connectivity index (χ2v) is 8.75. The third kappa shape index (κ3) is 3.66. The molecule has 9 heteroatoms. The quantitative estimate of drug-likeness (QED) is 0.631. The van der Waals surface area contributed by atoms with Gasteiger partial charge in [0.15, 0.2) is 0 Å². The predicted molar refractivity (Wildman–Crippen MR) is 111 cm³/mol. The van der Waals surface area contributed by atoms with Crippen LogP contribution in [0.1, 0.15) is 45.5 Å². The SMILES string of the molecule is O=C1CCC(N2C(=O)c3cccc(CN4CCN([C@H]5CCNC5)CC4)c3C2=O)C(=O)N1. The molecule has 3 fully saturated rings. The van der Waals surface area contributed by atoms with E-state index in [-0.39, 0.29) is 18.7 Å². The van der Waals surface area contributed by atoms with Gasteiger partial charge in [0, 0.05) is 51.7 Å². The van der Waals surface area contributed by atoms with Crippen LogP contribution < -0.4 is 10.6 Å². The van der Waals surface area contributed by atoms with Gasteiger partial charge in [-0.3, -0.25) is 39.2 Å². The molecule has 2 atom stereocenters. The van der Waals surface area contributed by atoms with Crippen molar-refractivity contribution in [3.05, 3.63) is 34.9 Å². The van der Waals surface area contributed by atoms with Crippen molar-refractivity contribution in [2.75, 3.05) is 39.3 Å². The number of nitrogens with zero attached hydrogens (tertiary/aromatic N) is 3. The Morgan fingerprint density at radius 1 is 0.968 bits per heavy atom. The topological polar surface area (TPSA) is 102 Å². The van der Waals surface area contributed by atoms with Gasteiger partial charge in [0.05, 0.1) is 11.1 Å². The van der Waals surface area contributed by atoms with Gasteiger partial charge >= 0.3 is 0 Å². The molecule has 4 aliphatic heterocycles. The molecule has 4 heterocycles. The average Bonchev–Trinajstić information content (AvgIpc) is 3.38. The van der Waals surface area contributed by atoms with Crippen molar-refractivity contribution >= 4 is 23.6 Å². The van der Waals surface area contributed by atoms with Crippen LogP contribution in [0.15, 0.2) is 18.2 Å². The van der Waals surface area contributed by atoms with Crippen molar-refractivity contribution in [3.63, 3.8) is 0 Å². The number of rotatable bonds is 4. The normalized spacial score (nSPS) is 27.7. The highest BCUT2D eigenvalue weighted by Gasteiger charge is 2.45. The van der Waals surface area contributed by atoms with E-state index in [9.17, 15) is 19.2 Å².